The van der Waals surface area contributed by atoms with Gasteiger partial charge in [0.15, 0.2) is 17.3 Å². The molecule has 13 heteroatoms. The van der Waals surface area contributed by atoms with E-state index in [-0.39, 0.29) is 30.3 Å². The quantitative estimate of drug-likeness (QED) is 0.0492. The zero-order valence-electron chi connectivity index (χ0n) is 32.3. The average Bonchev–Trinajstić information content (AvgIpc) is 3.43. The van der Waals surface area contributed by atoms with Gasteiger partial charge in [0, 0.05) is 31.2 Å². The zero-order valence-corrected chi connectivity index (χ0v) is 32.3. The number of anilines is 1. The van der Waals surface area contributed by atoms with Gasteiger partial charge in [-0.2, -0.15) is 0 Å². The number of carbonyl (C=O) groups is 3. The van der Waals surface area contributed by atoms with Gasteiger partial charge in [-0.25, -0.2) is 4.79 Å². The predicted molar refractivity (Wildman–Crippen MR) is 203 cm³/mol. The first kappa shape index (κ1) is 42.6. The smallest absolute Gasteiger partial charge is 0.331 e. The molecule has 54 heavy (non-hydrogen) atoms. The molecule has 2 aromatic carbocycles. The number of ether oxygens (including phenoxy) is 5. The van der Waals surface area contributed by atoms with Gasteiger partial charge in [0.25, 0.3) is 5.91 Å². The van der Waals surface area contributed by atoms with Gasteiger partial charge in [0.05, 0.1) is 18.8 Å². The van der Waals surface area contributed by atoms with E-state index in [1.54, 1.807) is 45.0 Å². The van der Waals surface area contributed by atoms with Gasteiger partial charge < -0.3 is 49.6 Å². The van der Waals surface area contributed by atoms with E-state index in [1.807, 2.05) is 13.8 Å². The lowest BCUT2D eigenvalue weighted by Gasteiger charge is -2.40. The van der Waals surface area contributed by atoms with Gasteiger partial charge in [0.1, 0.15) is 29.6 Å². The minimum atomic E-state index is -2.12. The molecular formula is C41H58N2O11. The molecule has 2 amide bonds. The van der Waals surface area contributed by atoms with Crippen LogP contribution in [-0.2, 0) is 33.3 Å². The van der Waals surface area contributed by atoms with Crippen LogP contribution in [0.3, 0.4) is 0 Å². The third-order valence-corrected chi connectivity index (χ3v) is 9.39. The molecule has 0 aromatic heterocycles. The fourth-order valence-electron chi connectivity index (χ4n) is 6.53. The van der Waals surface area contributed by atoms with Crippen LogP contribution in [0.15, 0.2) is 48.5 Å². The second-order valence-electron chi connectivity index (χ2n) is 15.1. The molecule has 1 aliphatic heterocycles. The second kappa shape index (κ2) is 19.4. The van der Waals surface area contributed by atoms with E-state index in [0.29, 0.717) is 30.2 Å². The van der Waals surface area contributed by atoms with E-state index >= 15 is 0 Å². The van der Waals surface area contributed by atoms with Crippen LogP contribution in [0.4, 0.5) is 5.69 Å². The van der Waals surface area contributed by atoms with E-state index in [1.165, 1.54) is 50.0 Å². The Morgan fingerprint density at radius 1 is 0.944 bits per heavy atom. The molecule has 6 unspecified atom stereocenters. The van der Waals surface area contributed by atoms with E-state index in [4.69, 9.17) is 23.7 Å². The summed E-state index contributed by atoms with van der Waals surface area (Å²) in [5.41, 5.74) is -1.21. The summed E-state index contributed by atoms with van der Waals surface area (Å²) in [6.07, 6.45) is 5.48. The number of benzene rings is 2. The molecule has 4 rings (SSSR count). The highest BCUT2D eigenvalue weighted by Gasteiger charge is 2.58. The molecule has 1 heterocycles. The van der Waals surface area contributed by atoms with Crippen molar-refractivity contribution in [2.45, 2.75) is 135 Å². The van der Waals surface area contributed by atoms with Crippen molar-refractivity contribution in [3.63, 3.8) is 0 Å². The highest BCUT2D eigenvalue weighted by Crippen LogP contribution is 2.42. The van der Waals surface area contributed by atoms with Gasteiger partial charge in [-0.1, -0.05) is 58.9 Å². The summed E-state index contributed by atoms with van der Waals surface area (Å²) in [5, 5.41) is 36.8. The number of fused-ring (bicyclic) bond motifs is 1. The van der Waals surface area contributed by atoms with Crippen molar-refractivity contribution >= 4 is 29.5 Å². The number of phenols is 2. The molecule has 6 atom stereocenters. The Kier molecular flexibility index (Phi) is 15.3. The number of carbonyl (C=O) groups excluding carboxylic acids is 3. The molecule has 2 fully saturated rings. The normalized spacial score (nSPS) is 23.1. The second-order valence-corrected chi connectivity index (χ2v) is 15.1. The average molecular weight is 755 g/mol. The van der Waals surface area contributed by atoms with E-state index in [0.717, 1.165) is 18.9 Å². The monoisotopic (exact) mass is 754 g/mol. The maximum absolute atomic E-state index is 14.0. The summed E-state index contributed by atoms with van der Waals surface area (Å²) in [5.74, 6) is -3.11. The predicted octanol–water partition coefficient (Wildman–Crippen LogP) is 5.99. The largest absolute Gasteiger partial charge is 0.504 e. The molecule has 2 aromatic rings. The molecule has 13 nitrogen and oxygen atoms in total. The van der Waals surface area contributed by atoms with Crippen LogP contribution in [0.2, 0.25) is 0 Å². The van der Waals surface area contributed by atoms with E-state index in [9.17, 15) is 29.7 Å². The molecule has 5 N–H and O–H groups in total. The van der Waals surface area contributed by atoms with Gasteiger partial charge in [-0.3, -0.25) is 9.59 Å². The number of hydrogen-bond donors (Lipinski definition) is 5. The fraction of sp³-hybridized carbons (Fsp3) is 0.585. The summed E-state index contributed by atoms with van der Waals surface area (Å²) < 4.78 is 29.6. The van der Waals surface area contributed by atoms with Crippen LogP contribution in [-0.4, -0.2) is 88.2 Å². The van der Waals surface area contributed by atoms with Crippen LogP contribution in [0.25, 0.3) is 6.08 Å². The molecule has 298 valence electrons. The van der Waals surface area contributed by atoms with Crippen molar-refractivity contribution in [2.75, 3.05) is 18.5 Å². The minimum absolute atomic E-state index is 0.155. The molecule has 0 bridgehead atoms. The maximum atomic E-state index is 14.0. The van der Waals surface area contributed by atoms with Gasteiger partial charge in [0.2, 0.25) is 5.91 Å². The van der Waals surface area contributed by atoms with Crippen LogP contribution < -0.4 is 15.4 Å². The zero-order chi connectivity index (χ0) is 39.5. The first-order valence-corrected chi connectivity index (χ1v) is 19.0. The van der Waals surface area contributed by atoms with Crippen LogP contribution in [0.1, 0.15) is 98.5 Å². The third-order valence-electron chi connectivity index (χ3n) is 9.39. The Morgan fingerprint density at radius 2 is 1.65 bits per heavy atom. The number of phenolic OH excluding ortho intramolecular Hbond substituents is 2. The third kappa shape index (κ3) is 12.4. The number of aliphatic hydroxyl groups is 1. The summed E-state index contributed by atoms with van der Waals surface area (Å²) >= 11 is 0. The Balaban J connectivity index is 1.44. The van der Waals surface area contributed by atoms with E-state index < -0.39 is 59.6 Å². The molecule has 0 spiro atoms. The number of aromatic hydroxyl groups is 2. The van der Waals surface area contributed by atoms with Crippen LogP contribution in [0, 0.1) is 5.92 Å². The highest BCUT2D eigenvalue weighted by atomic mass is 16.8. The lowest BCUT2D eigenvalue weighted by Crippen LogP contribution is -2.62. The van der Waals surface area contributed by atoms with Gasteiger partial charge >= 0.3 is 5.97 Å². The van der Waals surface area contributed by atoms with E-state index in [2.05, 4.69) is 17.6 Å². The first-order chi connectivity index (χ1) is 25.6. The van der Waals surface area contributed by atoms with Crippen molar-refractivity contribution in [1.82, 2.24) is 5.32 Å². The summed E-state index contributed by atoms with van der Waals surface area (Å²) in [7, 11) is 0. The van der Waals surface area contributed by atoms with Crippen molar-refractivity contribution < 1.29 is 53.4 Å². The molecule has 1 saturated carbocycles. The standard InChI is InChI=1S/C41H58N2O11/c1-7-8-9-10-11-12-21-50-30-17-15-29(16-18-30)42-38(47)36(27(4)51-25-26(2)3)43-39(48)41(49)23-33(37-34(24-41)53-40(5,6)54-37)52-35(46)20-14-28-13-19-31(44)32(45)22-28/h13-20,22,26-27,33-34,36-37,44-45,49H,7-12,21,23-25H2,1-6H3,(H,42,47)(H,43,48)/b20-14+. The van der Waals surface area contributed by atoms with Crippen molar-refractivity contribution in [2.24, 2.45) is 5.92 Å². The molecule has 0 radical (unpaired) electrons. The molecule has 2 aliphatic rings. The van der Waals surface area contributed by atoms with Crippen LogP contribution >= 0.6 is 0 Å². The molecule has 1 aliphatic carbocycles. The Labute approximate surface area is 318 Å². The number of hydrogen-bond acceptors (Lipinski definition) is 11. The number of unbranched alkanes of at least 4 members (excludes halogenated alkanes) is 5. The lowest BCUT2D eigenvalue weighted by molar-refractivity contribution is -0.177. The number of esters is 1. The van der Waals surface area contributed by atoms with Gasteiger partial charge in [-0.05, 0) is 81.1 Å². The van der Waals surface area contributed by atoms with Crippen molar-refractivity contribution in [3.8, 4) is 17.2 Å². The fourth-order valence-corrected chi connectivity index (χ4v) is 6.53. The van der Waals surface area contributed by atoms with Gasteiger partial charge in [-0.15, -0.1) is 0 Å². The molecule has 1 saturated heterocycles. The summed E-state index contributed by atoms with van der Waals surface area (Å²) in [4.78, 5) is 40.8. The number of amides is 2. The number of nitrogens with one attached hydrogen (secondary N) is 2. The highest BCUT2D eigenvalue weighted by molar-refractivity contribution is 5.99. The summed E-state index contributed by atoms with van der Waals surface area (Å²) in [6, 6.07) is 9.83. The Bertz CT molecular complexity index is 1580. The SMILES string of the molecule is CCCCCCCCOc1ccc(NC(=O)C(NC(=O)C2(O)CC(OC(=O)/C=C/c3ccc(O)c(O)c3)C3OC(C)(C)OC3C2)C(C)OCC(C)C)cc1. The van der Waals surface area contributed by atoms with Crippen molar-refractivity contribution in [3.05, 3.63) is 54.1 Å². The number of rotatable bonds is 19. The lowest BCUT2D eigenvalue weighted by atomic mass is 9.78. The maximum Gasteiger partial charge on any atom is 0.331 e. The first-order valence-electron chi connectivity index (χ1n) is 19.0. The van der Waals surface area contributed by atoms with Crippen molar-refractivity contribution in [1.29, 1.82) is 0 Å². The Hall–Kier alpha value is -4.17. The minimum Gasteiger partial charge on any atom is -0.504 e. The molecular weight excluding hydrogens is 696 g/mol. The Morgan fingerprint density at radius 3 is 2.33 bits per heavy atom. The summed E-state index contributed by atoms with van der Waals surface area (Å²) in [6.45, 7) is 12.1. The topological polar surface area (TPSA) is 182 Å². The van der Waals surface area contributed by atoms with Crippen LogP contribution in [0.5, 0.6) is 17.2 Å².